The van der Waals surface area contributed by atoms with Gasteiger partial charge in [-0.25, -0.2) is 4.98 Å². The lowest BCUT2D eigenvalue weighted by molar-refractivity contribution is 0.340. The van der Waals surface area contributed by atoms with Crippen LogP contribution < -0.4 is 10.5 Å². The Kier molecular flexibility index (Phi) is 3.64. The van der Waals surface area contributed by atoms with Crippen LogP contribution in [-0.4, -0.2) is 11.6 Å². The molecule has 0 aliphatic rings. The highest BCUT2D eigenvalue weighted by molar-refractivity contribution is 7.16. The van der Waals surface area contributed by atoms with Crippen molar-refractivity contribution < 1.29 is 4.74 Å². The summed E-state index contributed by atoms with van der Waals surface area (Å²) < 4.78 is 5.40. The fourth-order valence-corrected chi connectivity index (χ4v) is 2.41. The van der Waals surface area contributed by atoms with E-state index in [1.165, 1.54) is 0 Å². The number of anilines is 1. The first-order valence-electron chi connectivity index (χ1n) is 5.73. The van der Waals surface area contributed by atoms with Gasteiger partial charge in [-0.3, -0.25) is 0 Å². The smallest absolute Gasteiger partial charge is 0.119 e. The van der Waals surface area contributed by atoms with Gasteiger partial charge < -0.3 is 10.5 Å². The number of benzene rings is 1. The molecule has 0 radical (unpaired) electrons. The monoisotopic (exact) mass is 248 g/mol. The average molecular weight is 248 g/mol. The Hall–Kier alpha value is -1.55. The summed E-state index contributed by atoms with van der Waals surface area (Å²) in [7, 11) is 0. The summed E-state index contributed by atoms with van der Waals surface area (Å²) in [4.78, 5) is 4.53. The fraction of sp³-hybridized carbons (Fsp3) is 0.308. The van der Waals surface area contributed by atoms with Gasteiger partial charge in [0.1, 0.15) is 16.4 Å². The van der Waals surface area contributed by atoms with Gasteiger partial charge in [0.15, 0.2) is 0 Å². The zero-order chi connectivity index (χ0) is 12.3. The number of nitrogen functional groups attached to an aromatic ring is 1. The van der Waals surface area contributed by atoms with Crippen LogP contribution in [0, 0.1) is 0 Å². The molecule has 0 aliphatic carbocycles. The number of hydrogen-bond acceptors (Lipinski definition) is 4. The van der Waals surface area contributed by atoms with E-state index in [1.54, 1.807) is 11.3 Å². The van der Waals surface area contributed by atoms with Crippen molar-refractivity contribution in [1.82, 2.24) is 4.98 Å². The Bertz CT molecular complexity index is 491. The number of nitrogens with two attached hydrogens (primary N) is 1. The van der Waals surface area contributed by atoms with Crippen LogP contribution in [0.4, 0.5) is 5.00 Å². The summed E-state index contributed by atoms with van der Waals surface area (Å²) >= 11 is 1.56. The van der Waals surface area contributed by atoms with Gasteiger partial charge in [0.2, 0.25) is 0 Å². The van der Waals surface area contributed by atoms with Gasteiger partial charge in [-0.1, -0.05) is 6.92 Å². The fourth-order valence-electron chi connectivity index (χ4n) is 1.61. The summed E-state index contributed by atoms with van der Waals surface area (Å²) in [5.74, 6) is 0.876. The number of aromatic nitrogens is 1. The van der Waals surface area contributed by atoms with E-state index < -0.39 is 0 Å². The van der Waals surface area contributed by atoms with E-state index in [-0.39, 0.29) is 0 Å². The number of thiazole rings is 1. The molecule has 0 aliphatic heterocycles. The van der Waals surface area contributed by atoms with Gasteiger partial charge >= 0.3 is 0 Å². The highest BCUT2D eigenvalue weighted by Crippen LogP contribution is 2.31. The third-order valence-corrected chi connectivity index (χ3v) is 3.47. The van der Waals surface area contributed by atoms with Crippen molar-refractivity contribution in [2.45, 2.75) is 20.3 Å². The quantitative estimate of drug-likeness (QED) is 0.902. The van der Waals surface area contributed by atoms with Gasteiger partial charge in [-0.15, -0.1) is 11.3 Å². The Labute approximate surface area is 105 Å². The molecule has 0 unspecified atom stereocenters. The summed E-state index contributed by atoms with van der Waals surface area (Å²) in [6, 6.07) is 7.89. The minimum Gasteiger partial charge on any atom is -0.494 e. The zero-order valence-corrected chi connectivity index (χ0v) is 10.9. The Morgan fingerprint density at radius 3 is 2.47 bits per heavy atom. The van der Waals surface area contributed by atoms with Crippen LogP contribution in [0.5, 0.6) is 5.75 Å². The molecule has 4 heteroatoms. The maximum absolute atomic E-state index is 5.97. The average Bonchev–Trinajstić information content (AvgIpc) is 2.72. The largest absolute Gasteiger partial charge is 0.494 e. The minimum atomic E-state index is 0.679. The predicted octanol–water partition coefficient (Wildman–Crippen LogP) is 3.35. The molecule has 2 aromatic rings. The van der Waals surface area contributed by atoms with Crippen LogP contribution in [0.2, 0.25) is 0 Å². The molecule has 0 amide bonds. The zero-order valence-electron chi connectivity index (χ0n) is 10.1. The third kappa shape index (κ3) is 2.58. The van der Waals surface area contributed by atoms with Crippen molar-refractivity contribution >= 4 is 16.3 Å². The second kappa shape index (κ2) is 5.19. The molecule has 0 saturated carbocycles. The SMILES string of the molecule is CCOc1ccc(-c2nc(CC)sc2N)cc1. The lowest BCUT2D eigenvalue weighted by Gasteiger charge is -2.03. The minimum absolute atomic E-state index is 0.679. The predicted molar refractivity (Wildman–Crippen MR) is 72.5 cm³/mol. The molecule has 0 bridgehead atoms. The molecule has 2 rings (SSSR count). The van der Waals surface area contributed by atoms with E-state index in [9.17, 15) is 0 Å². The molecule has 2 N–H and O–H groups in total. The van der Waals surface area contributed by atoms with Crippen LogP contribution in [0.25, 0.3) is 11.3 Å². The van der Waals surface area contributed by atoms with Crippen molar-refractivity contribution in [3.63, 3.8) is 0 Å². The van der Waals surface area contributed by atoms with Gasteiger partial charge in [0.25, 0.3) is 0 Å². The number of aryl methyl sites for hydroxylation is 1. The maximum atomic E-state index is 5.97. The van der Waals surface area contributed by atoms with E-state index >= 15 is 0 Å². The highest BCUT2D eigenvalue weighted by Gasteiger charge is 2.09. The summed E-state index contributed by atoms with van der Waals surface area (Å²) in [5, 5.41) is 1.86. The number of rotatable bonds is 4. The van der Waals surface area contributed by atoms with Crippen molar-refractivity contribution in [1.29, 1.82) is 0 Å². The van der Waals surface area contributed by atoms with Crippen molar-refractivity contribution in [3.05, 3.63) is 29.3 Å². The first-order valence-corrected chi connectivity index (χ1v) is 6.54. The van der Waals surface area contributed by atoms with E-state index in [1.807, 2.05) is 31.2 Å². The topological polar surface area (TPSA) is 48.1 Å². The van der Waals surface area contributed by atoms with Crippen LogP contribution in [0.3, 0.4) is 0 Å². The summed E-state index contributed by atoms with van der Waals surface area (Å²) in [6.07, 6.45) is 0.923. The molecule has 1 aromatic heterocycles. The lowest BCUT2D eigenvalue weighted by Crippen LogP contribution is -1.91. The second-order valence-corrected chi connectivity index (χ2v) is 4.75. The van der Waals surface area contributed by atoms with Gasteiger partial charge in [0, 0.05) is 5.56 Å². The maximum Gasteiger partial charge on any atom is 0.119 e. The van der Waals surface area contributed by atoms with Crippen LogP contribution in [0.15, 0.2) is 24.3 Å². The van der Waals surface area contributed by atoms with Crippen molar-refractivity contribution in [2.24, 2.45) is 0 Å². The number of nitrogens with zero attached hydrogens (tertiary/aromatic N) is 1. The number of ether oxygens (including phenoxy) is 1. The molecule has 1 heterocycles. The molecular formula is C13H16N2OS. The molecule has 0 spiro atoms. The Morgan fingerprint density at radius 1 is 1.24 bits per heavy atom. The van der Waals surface area contributed by atoms with Gasteiger partial charge in [-0.05, 0) is 37.6 Å². The van der Waals surface area contributed by atoms with Crippen LogP contribution in [-0.2, 0) is 6.42 Å². The van der Waals surface area contributed by atoms with Crippen LogP contribution >= 0.6 is 11.3 Å². The molecule has 17 heavy (non-hydrogen) atoms. The molecule has 3 nitrogen and oxygen atoms in total. The molecule has 90 valence electrons. The molecular weight excluding hydrogens is 232 g/mol. The Balaban J connectivity index is 2.29. The lowest BCUT2D eigenvalue weighted by atomic mass is 10.1. The molecule has 1 aromatic carbocycles. The van der Waals surface area contributed by atoms with Gasteiger partial charge in [-0.2, -0.15) is 0 Å². The van der Waals surface area contributed by atoms with E-state index in [0.717, 1.165) is 33.4 Å². The molecule has 0 saturated heterocycles. The standard InChI is InChI=1S/C13H16N2OS/c1-3-11-15-12(13(14)17-11)9-5-7-10(8-6-9)16-4-2/h5-8H,3-4,14H2,1-2H3. The van der Waals surface area contributed by atoms with E-state index in [2.05, 4.69) is 11.9 Å². The number of hydrogen-bond donors (Lipinski definition) is 1. The second-order valence-electron chi connectivity index (χ2n) is 3.63. The van der Waals surface area contributed by atoms with E-state index in [4.69, 9.17) is 10.5 Å². The van der Waals surface area contributed by atoms with Crippen molar-refractivity contribution in [3.8, 4) is 17.0 Å². The summed E-state index contributed by atoms with van der Waals surface area (Å²) in [5.41, 5.74) is 7.90. The van der Waals surface area contributed by atoms with E-state index in [0.29, 0.717) is 6.61 Å². The van der Waals surface area contributed by atoms with Crippen LogP contribution in [0.1, 0.15) is 18.9 Å². The Morgan fingerprint density at radius 2 is 1.94 bits per heavy atom. The van der Waals surface area contributed by atoms with Gasteiger partial charge in [0.05, 0.1) is 11.6 Å². The first-order chi connectivity index (χ1) is 8.24. The normalized spacial score (nSPS) is 10.5. The summed E-state index contributed by atoms with van der Waals surface area (Å²) in [6.45, 7) is 4.73. The molecule has 0 fully saturated rings. The third-order valence-electron chi connectivity index (χ3n) is 2.44. The molecule has 0 atom stereocenters. The first kappa shape index (κ1) is 11.9. The highest BCUT2D eigenvalue weighted by atomic mass is 32.1. The van der Waals surface area contributed by atoms with Crippen molar-refractivity contribution in [2.75, 3.05) is 12.3 Å².